The van der Waals surface area contributed by atoms with E-state index >= 15 is 0 Å². The van der Waals surface area contributed by atoms with Crippen LogP contribution >= 0.6 is 11.7 Å². The molecule has 114 valence electrons. The Balaban J connectivity index is 1.65. The Hall–Kier alpha value is -1.57. The van der Waals surface area contributed by atoms with Crippen molar-refractivity contribution in [1.82, 2.24) is 14.1 Å². The van der Waals surface area contributed by atoms with Crippen molar-refractivity contribution in [2.24, 2.45) is 0 Å². The molecule has 0 radical (unpaired) electrons. The molecular weight excluding hydrogens is 293 g/mol. The number of aliphatic hydroxyl groups is 1. The van der Waals surface area contributed by atoms with Crippen LogP contribution < -0.4 is 10.1 Å². The molecule has 2 atom stereocenters. The molecular formula is C14H18FN3O2S. The van der Waals surface area contributed by atoms with Crippen LogP contribution in [0.1, 0.15) is 12.5 Å². The van der Waals surface area contributed by atoms with Crippen LogP contribution in [0.3, 0.4) is 0 Å². The van der Waals surface area contributed by atoms with Crippen LogP contribution in [0.15, 0.2) is 30.5 Å². The fraction of sp³-hybridized carbons (Fsp3) is 0.429. The second kappa shape index (κ2) is 8.02. The molecule has 0 fully saturated rings. The lowest BCUT2D eigenvalue weighted by Crippen LogP contribution is -2.37. The van der Waals surface area contributed by atoms with Crippen LogP contribution in [-0.2, 0) is 6.42 Å². The largest absolute Gasteiger partial charge is 0.473 e. The van der Waals surface area contributed by atoms with Crippen molar-refractivity contribution in [3.63, 3.8) is 0 Å². The molecule has 0 spiro atoms. The first-order chi connectivity index (χ1) is 10.1. The third kappa shape index (κ3) is 5.74. The number of aromatic nitrogens is 2. The summed E-state index contributed by atoms with van der Waals surface area (Å²) in [5.74, 6) is 0.196. The van der Waals surface area contributed by atoms with Crippen LogP contribution in [0.5, 0.6) is 5.88 Å². The number of nitrogens with zero attached hydrogens (tertiary/aromatic N) is 2. The van der Waals surface area contributed by atoms with E-state index in [-0.39, 0.29) is 18.5 Å². The Morgan fingerprint density at radius 3 is 2.81 bits per heavy atom. The van der Waals surface area contributed by atoms with E-state index in [1.54, 1.807) is 12.1 Å². The van der Waals surface area contributed by atoms with Crippen molar-refractivity contribution in [1.29, 1.82) is 0 Å². The maximum Gasteiger partial charge on any atom is 0.245 e. The van der Waals surface area contributed by atoms with Crippen molar-refractivity contribution in [2.45, 2.75) is 25.5 Å². The Kier molecular flexibility index (Phi) is 6.04. The van der Waals surface area contributed by atoms with Gasteiger partial charge in [0.15, 0.2) is 0 Å². The molecule has 0 amide bonds. The third-order valence-corrected chi connectivity index (χ3v) is 3.38. The first-order valence-corrected chi connectivity index (χ1v) is 7.43. The molecule has 21 heavy (non-hydrogen) atoms. The van der Waals surface area contributed by atoms with Gasteiger partial charge in [-0.1, -0.05) is 12.1 Å². The zero-order valence-electron chi connectivity index (χ0n) is 11.7. The predicted molar refractivity (Wildman–Crippen MR) is 79.0 cm³/mol. The van der Waals surface area contributed by atoms with Gasteiger partial charge in [-0.3, -0.25) is 0 Å². The lowest BCUT2D eigenvalue weighted by molar-refractivity contribution is 0.102. The van der Waals surface area contributed by atoms with Gasteiger partial charge >= 0.3 is 0 Å². The van der Waals surface area contributed by atoms with E-state index in [1.807, 2.05) is 6.92 Å². The van der Waals surface area contributed by atoms with E-state index in [0.29, 0.717) is 12.4 Å². The van der Waals surface area contributed by atoms with Crippen LogP contribution in [-0.4, -0.2) is 39.2 Å². The highest BCUT2D eigenvalue weighted by atomic mass is 32.1. The summed E-state index contributed by atoms with van der Waals surface area (Å²) in [6, 6.07) is 6.61. The van der Waals surface area contributed by atoms with E-state index in [0.717, 1.165) is 23.7 Å². The van der Waals surface area contributed by atoms with Gasteiger partial charge in [0.05, 0.1) is 11.7 Å². The minimum Gasteiger partial charge on any atom is -0.473 e. The van der Waals surface area contributed by atoms with Crippen LogP contribution in [0.2, 0.25) is 0 Å². The minimum atomic E-state index is -0.623. The molecule has 0 saturated carbocycles. The Morgan fingerprint density at radius 2 is 2.14 bits per heavy atom. The minimum absolute atomic E-state index is 0.168. The van der Waals surface area contributed by atoms with Gasteiger partial charge in [0.1, 0.15) is 24.7 Å². The molecule has 0 bridgehead atoms. The lowest BCUT2D eigenvalue weighted by Gasteiger charge is -2.17. The predicted octanol–water partition coefficient (Wildman–Crippen LogP) is 1.64. The molecule has 0 aliphatic rings. The summed E-state index contributed by atoms with van der Waals surface area (Å²) < 4.78 is 25.8. The fourth-order valence-electron chi connectivity index (χ4n) is 1.84. The SMILES string of the molecule is CC(Cc1ccc(F)cc1)NCC(O)COc1cnsn1. The third-order valence-electron chi connectivity index (χ3n) is 2.92. The smallest absolute Gasteiger partial charge is 0.245 e. The number of hydrogen-bond acceptors (Lipinski definition) is 6. The summed E-state index contributed by atoms with van der Waals surface area (Å²) >= 11 is 1.06. The van der Waals surface area contributed by atoms with Crippen molar-refractivity contribution < 1.29 is 14.2 Å². The number of hydrogen-bond donors (Lipinski definition) is 2. The zero-order valence-corrected chi connectivity index (χ0v) is 12.5. The Labute approximate surface area is 127 Å². The van der Waals surface area contributed by atoms with Crippen molar-refractivity contribution in [2.75, 3.05) is 13.2 Å². The molecule has 2 aromatic rings. The Bertz CT molecular complexity index is 522. The monoisotopic (exact) mass is 311 g/mol. The Morgan fingerprint density at radius 1 is 1.38 bits per heavy atom. The maximum absolute atomic E-state index is 12.8. The van der Waals surface area contributed by atoms with Gasteiger partial charge in [0.25, 0.3) is 0 Å². The number of rotatable bonds is 8. The summed E-state index contributed by atoms with van der Waals surface area (Å²) in [5, 5.41) is 13.0. The summed E-state index contributed by atoms with van der Waals surface area (Å²) in [7, 11) is 0. The molecule has 1 aromatic heterocycles. The normalized spacial score (nSPS) is 13.9. The topological polar surface area (TPSA) is 67.3 Å². The molecule has 2 unspecified atom stereocenters. The lowest BCUT2D eigenvalue weighted by atomic mass is 10.1. The maximum atomic E-state index is 12.8. The van der Waals surface area contributed by atoms with Gasteiger partial charge in [-0.2, -0.15) is 4.37 Å². The highest BCUT2D eigenvalue weighted by Gasteiger charge is 2.09. The van der Waals surface area contributed by atoms with Crippen molar-refractivity contribution in [3.8, 4) is 5.88 Å². The van der Waals surface area contributed by atoms with Gasteiger partial charge in [0.2, 0.25) is 5.88 Å². The van der Waals surface area contributed by atoms with E-state index in [9.17, 15) is 9.50 Å². The van der Waals surface area contributed by atoms with E-state index in [2.05, 4.69) is 14.1 Å². The first kappa shape index (κ1) is 15.8. The molecule has 5 nitrogen and oxygen atoms in total. The number of benzene rings is 1. The molecule has 0 aliphatic heterocycles. The van der Waals surface area contributed by atoms with Gasteiger partial charge in [0, 0.05) is 12.6 Å². The highest BCUT2D eigenvalue weighted by molar-refractivity contribution is 6.99. The summed E-state index contributed by atoms with van der Waals surface area (Å²) in [6.45, 7) is 2.60. The molecule has 1 aromatic carbocycles. The molecule has 0 aliphatic carbocycles. The highest BCUT2D eigenvalue weighted by Crippen LogP contribution is 2.07. The fourth-order valence-corrected chi connectivity index (χ4v) is 2.21. The number of halogens is 1. The second-order valence-corrected chi connectivity index (χ2v) is 5.41. The van der Waals surface area contributed by atoms with E-state index in [1.165, 1.54) is 18.3 Å². The molecule has 1 heterocycles. The van der Waals surface area contributed by atoms with Gasteiger partial charge in [-0.25, -0.2) is 4.39 Å². The quantitative estimate of drug-likeness (QED) is 0.776. The standard InChI is InChI=1S/C14H18FN3O2S/c1-10(6-11-2-4-12(15)5-3-11)16-7-13(19)9-20-14-8-17-21-18-14/h2-5,8,10,13,16,19H,6-7,9H2,1H3. The van der Waals surface area contributed by atoms with Gasteiger partial charge in [-0.05, 0) is 31.0 Å². The van der Waals surface area contributed by atoms with Crippen molar-refractivity contribution in [3.05, 3.63) is 41.8 Å². The zero-order chi connectivity index (χ0) is 15.1. The summed E-state index contributed by atoms with van der Waals surface area (Å²) in [6.07, 6.45) is 1.66. The van der Waals surface area contributed by atoms with Crippen molar-refractivity contribution >= 4 is 11.7 Å². The number of nitrogens with one attached hydrogen (secondary N) is 1. The molecule has 2 rings (SSSR count). The van der Waals surface area contributed by atoms with Gasteiger partial charge < -0.3 is 15.2 Å². The van der Waals surface area contributed by atoms with Crippen LogP contribution in [0.4, 0.5) is 4.39 Å². The average molecular weight is 311 g/mol. The van der Waals surface area contributed by atoms with Gasteiger partial charge in [-0.15, -0.1) is 4.37 Å². The van der Waals surface area contributed by atoms with Crippen LogP contribution in [0.25, 0.3) is 0 Å². The van der Waals surface area contributed by atoms with Crippen LogP contribution in [0, 0.1) is 5.82 Å². The second-order valence-electron chi connectivity index (χ2n) is 4.85. The van der Waals surface area contributed by atoms with E-state index < -0.39 is 6.10 Å². The molecule has 7 heteroatoms. The summed E-state index contributed by atoms with van der Waals surface area (Å²) in [4.78, 5) is 0. The summed E-state index contributed by atoms with van der Waals surface area (Å²) in [5.41, 5.74) is 1.05. The first-order valence-electron chi connectivity index (χ1n) is 6.69. The number of aliphatic hydroxyl groups excluding tert-OH is 1. The average Bonchev–Trinajstić information content (AvgIpc) is 2.99. The molecule has 0 saturated heterocycles. The van der Waals surface area contributed by atoms with E-state index in [4.69, 9.17) is 4.74 Å². The number of ether oxygens (including phenoxy) is 1. The molecule has 2 N–H and O–H groups in total.